The number of nitrogens with zero attached hydrogens (tertiary/aromatic N) is 4. The minimum absolute atomic E-state index is 0.0150. The Morgan fingerprint density at radius 2 is 1.92 bits per heavy atom. The van der Waals surface area contributed by atoms with Gasteiger partial charge in [0.05, 0.1) is 19.3 Å². The van der Waals surface area contributed by atoms with Crippen molar-refractivity contribution < 1.29 is 19.2 Å². The van der Waals surface area contributed by atoms with Gasteiger partial charge in [0, 0.05) is 31.5 Å². The number of anilines is 1. The van der Waals surface area contributed by atoms with Gasteiger partial charge < -0.3 is 24.2 Å². The molecule has 0 spiro atoms. The van der Waals surface area contributed by atoms with Gasteiger partial charge in [-0.05, 0) is 74.1 Å². The molecule has 1 unspecified atom stereocenters. The van der Waals surface area contributed by atoms with Crippen LogP contribution in [0.1, 0.15) is 76.1 Å². The number of amides is 1. The number of carbonyl (C=O) groups excluding carboxylic acids is 1. The van der Waals surface area contributed by atoms with E-state index in [2.05, 4.69) is 59.2 Å². The monoisotopic (exact) mass is 508 g/mol. The Balaban J connectivity index is 1.07. The molecular weight excluding hydrogens is 468 g/mol. The van der Waals surface area contributed by atoms with Crippen molar-refractivity contribution in [3.05, 3.63) is 41.7 Å². The number of hydrogen-bond acceptors (Lipinski definition) is 7. The molecule has 1 aromatic heterocycles. The third-order valence-electron chi connectivity index (χ3n) is 8.17. The first kappa shape index (κ1) is 25.8. The Hall–Kier alpha value is -2.87. The summed E-state index contributed by atoms with van der Waals surface area (Å²) < 4.78 is 11.6. The van der Waals surface area contributed by atoms with E-state index in [0.29, 0.717) is 18.5 Å². The lowest BCUT2D eigenvalue weighted by molar-refractivity contribution is -0.137. The molecule has 200 valence electrons. The molecule has 2 atom stereocenters. The molecule has 1 aromatic carbocycles. The van der Waals surface area contributed by atoms with Crippen LogP contribution in [0.3, 0.4) is 0 Å². The smallest absolute Gasteiger partial charge is 0.324 e. The predicted molar refractivity (Wildman–Crippen MR) is 142 cm³/mol. The van der Waals surface area contributed by atoms with Crippen molar-refractivity contribution in [2.75, 3.05) is 37.7 Å². The van der Waals surface area contributed by atoms with Gasteiger partial charge in [0.15, 0.2) is 5.82 Å². The van der Waals surface area contributed by atoms with Crippen LogP contribution >= 0.6 is 0 Å². The number of rotatable bonds is 8. The summed E-state index contributed by atoms with van der Waals surface area (Å²) in [6.45, 7) is 7.53. The summed E-state index contributed by atoms with van der Waals surface area (Å²) in [4.78, 5) is 21.5. The second kappa shape index (κ2) is 11.7. The van der Waals surface area contributed by atoms with Gasteiger partial charge in [0.25, 0.3) is 0 Å². The summed E-state index contributed by atoms with van der Waals surface area (Å²) >= 11 is 0. The number of hydrogen-bond donors (Lipinski definition) is 1. The third kappa shape index (κ3) is 6.00. The first-order valence-electron chi connectivity index (χ1n) is 13.9. The van der Waals surface area contributed by atoms with E-state index < -0.39 is 0 Å². The highest BCUT2D eigenvalue weighted by molar-refractivity contribution is 5.81. The van der Waals surface area contributed by atoms with Crippen molar-refractivity contribution in [3.8, 4) is 5.75 Å². The quantitative estimate of drug-likeness (QED) is 0.555. The van der Waals surface area contributed by atoms with Crippen LogP contribution in [0.5, 0.6) is 5.75 Å². The van der Waals surface area contributed by atoms with Crippen molar-refractivity contribution in [3.63, 3.8) is 0 Å². The summed E-state index contributed by atoms with van der Waals surface area (Å²) in [7, 11) is 0. The molecule has 5 rings (SSSR count). The zero-order valence-corrected chi connectivity index (χ0v) is 22.1. The number of allylic oxidation sites excluding steroid dienone is 2. The maximum absolute atomic E-state index is 12.9. The van der Waals surface area contributed by atoms with Gasteiger partial charge in [-0.2, -0.15) is 4.98 Å². The van der Waals surface area contributed by atoms with Crippen LogP contribution in [0.4, 0.5) is 6.01 Å². The first-order valence-corrected chi connectivity index (χ1v) is 13.9. The minimum Gasteiger partial charge on any atom is -0.493 e. The van der Waals surface area contributed by atoms with Crippen molar-refractivity contribution in [1.29, 1.82) is 0 Å². The van der Waals surface area contributed by atoms with E-state index in [-0.39, 0.29) is 30.4 Å². The summed E-state index contributed by atoms with van der Waals surface area (Å²) in [6.07, 6.45) is 8.79. The summed E-state index contributed by atoms with van der Waals surface area (Å²) in [6, 6.07) is 9.04. The predicted octanol–water partition coefficient (Wildman–Crippen LogP) is 4.66. The fourth-order valence-corrected chi connectivity index (χ4v) is 5.73. The molecule has 37 heavy (non-hydrogen) atoms. The maximum Gasteiger partial charge on any atom is 0.324 e. The Morgan fingerprint density at radius 1 is 1.14 bits per heavy atom. The second-order valence-electron chi connectivity index (χ2n) is 11.1. The molecule has 2 saturated heterocycles. The van der Waals surface area contributed by atoms with E-state index in [4.69, 9.17) is 9.26 Å². The number of aliphatic hydroxyl groups is 1. The van der Waals surface area contributed by atoms with Crippen LogP contribution in [0.25, 0.3) is 5.57 Å². The lowest BCUT2D eigenvalue weighted by atomic mass is 9.85. The van der Waals surface area contributed by atoms with Crippen molar-refractivity contribution in [2.24, 2.45) is 11.8 Å². The second-order valence-corrected chi connectivity index (χ2v) is 11.1. The molecule has 0 bridgehead atoms. The molecule has 0 saturated carbocycles. The van der Waals surface area contributed by atoms with Gasteiger partial charge in [0.2, 0.25) is 5.91 Å². The highest BCUT2D eigenvalue weighted by Crippen LogP contribution is 2.33. The van der Waals surface area contributed by atoms with Crippen LogP contribution in [0.15, 0.2) is 34.9 Å². The van der Waals surface area contributed by atoms with Crippen LogP contribution < -0.4 is 9.64 Å². The van der Waals surface area contributed by atoms with Crippen LogP contribution in [-0.2, 0) is 4.79 Å². The minimum atomic E-state index is 0.0150. The SMILES string of the molecule is CC(C)c1noc(N2CCC(COc3ccc(C4=CCC(C(=O)N5CCC[C@H]5CO)CC4)cc3)CC2)n1. The molecule has 8 nitrogen and oxygen atoms in total. The fraction of sp³-hybridized carbons (Fsp3) is 0.621. The summed E-state index contributed by atoms with van der Waals surface area (Å²) in [5.74, 6) is 2.71. The molecule has 1 N–H and O–H groups in total. The lowest BCUT2D eigenvalue weighted by Gasteiger charge is -2.30. The molecule has 3 aliphatic rings. The lowest BCUT2D eigenvalue weighted by Crippen LogP contribution is -2.41. The van der Waals surface area contributed by atoms with Crippen molar-refractivity contribution in [1.82, 2.24) is 15.0 Å². The fourth-order valence-electron chi connectivity index (χ4n) is 5.73. The van der Waals surface area contributed by atoms with Crippen LogP contribution in [0, 0.1) is 11.8 Å². The highest BCUT2D eigenvalue weighted by Gasteiger charge is 2.33. The molecular formula is C29H40N4O4. The molecule has 2 aliphatic heterocycles. The van der Waals surface area contributed by atoms with E-state index in [1.54, 1.807) is 0 Å². The Morgan fingerprint density at radius 3 is 2.57 bits per heavy atom. The number of likely N-dealkylation sites (tertiary alicyclic amines) is 1. The molecule has 2 fully saturated rings. The van der Waals surface area contributed by atoms with E-state index >= 15 is 0 Å². The highest BCUT2D eigenvalue weighted by atomic mass is 16.5. The standard InChI is InChI=1S/C29H40N4O4/c1-20(2)27-30-29(37-31-27)32-16-13-21(14-17-32)19-36-26-11-9-23(10-12-26)22-5-7-24(8-6-22)28(35)33-15-3-4-25(33)18-34/h5,9-12,20-21,24-25,34H,3-4,6-8,13-19H2,1-2H3/t24?,25-/m0/s1. The van der Waals surface area contributed by atoms with Gasteiger partial charge in [-0.3, -0.25) is 4.79 Å². The molecule has 8 heteroatoms. The van der Waals surface area contributed by atoms with E-state index in [9.17, 15) is 9.90 Å². The largest absolute Gasteiger partial charge is 0.493 e. The normalized spacial score (nSPS) is 23.0. The summed E-state index contributed by atoms with van der Waals surface area (Å²) in [5.41, 5.74) is 2.52. The van der Waals surface area contributed by atoms with E-state index in [1.807, 2.05) is 4.90 Å². The molecule has 0 radical (unpaired) electrons. The maximum atomic E-state index is 12.9. The Labute approximate surface area is 219 Å². The summed E-state index contributed by atoms with van der Waals surface area (Å²) in [5, 5.41) is 13.6. The van der Waals surface area contributed by atoms with Gasteiger partial charge in [-0.25, -0.2) is 0 Å². The van der Waals surface area contributed by atoms with E-state index in [1.165, 1.54) is 11.1 Å². The number of piperidine rings is 1. The average Bonchev–Trinajstić information content (AvgIpc) is 3.63. The van der Waals surface area contributed by atoms with E-state index in [0.717, 1.165) is 76.2 Å². The molecule has 1 amide bonds. The topological polar surface area (TPSA) is 91.9 Å². The first-order chi connectivity index (χ1) is 18.0. The van der Waals surface area contributed by atoms with Gasteiger partial charge >= 0.3 is 6.01 Å². The number of aromatic nitrogens is 2. The zero-order chi connectivity index (χ0) is 25.8. The zero-order valence-electron chi connectivity index (χ0n) is 22.1. The molecule has 1 aliphatic carbocycles. The molecule has 2 aromatic rings. The van der Waals surface area contributed by atoms with Gasteiger partial charge in [-0.15, -0.1) is 0 Å². The van der Waals surface area contributed by atoms with Crippen LogP contribution in [-0.4, -0.2) is 64.9 Å². The number of aliphatic hydroxyl groups excluding tert-OH is 1. The number of carbonyl (C=O) groups is 1. The Kier molecular flexibility index (Phi) is 8.13. The van der Waals surface area contributed by atoms with Crippen molar-refractivity contribution in [2.45, 2.75) is 70.8 Å². The third-order valence-corrected chi connectivity index (χ3v) is 8.17. The van der Waals surface area contributed by atoms with Gasteiger partial charge in [-0.1, -0.05) is 37.2 Å². The van der Waals surface area contributed by atoms with Crippen molar-refractivity contribution >= 4 is 17.5 Å². The number of benzene rings is 1. The average molecular weight is 509 g/mol. The Bertz CT molecular complexity index is 1070. The number of ether oxygens (including phenoxy) is 1. The van der Waals surface area contributed by atoms with Crippen LogP contribution in [0.2, 0.25) is 0 Å². The molecule has 3 heterocycles. The van der Waals surface area contributed by atoms with Gasteiger partial charge in [0.1, 0.15) is 5.75 Å².